The second-order valence-electron chi connectivity index (χ2n) is 5.41. The van der Waals surface area contributed by atoms with Crippen LogP contribution in [-0.2, 0) is 9.53 Å². The molecule has 0 aromatic heterocycles. The molecule has 130 valence electrons. The van der Waals surface area contributed by atoms with E-state index in [1.807, 2.05) is 0 Å². The van der Waals surface area contributed by atoms with Gasteiger partial charge in [-0.2, -0.15) is 0 Å². The van der Waals surface area contributed by atoms with Gasteiger partial charge in [-0.3, -0.25) is 9.59 Å². The summed E-state index contributed by atoms with van der Waals surface area (Å²) < 4.78 is 5.73. The van der Waals surface area contributed by atoms with Crippen molar-refractivity contribution in [3.63, 3.8) is 0 Å². The number of carbonyl (C=O) groups excluding carboxylic acids is 3. The van der Waals surface area contributed by atoms with Crippen molar-refractivity contribution in [2.75, 3.05) is 26.0 Å². The first-order valence-corrected chi connectivity index (χ1v) is 8.20. The number of rotatable bonds is 5. The van der Waals surface area contributed by atoms with Crippen LogP contribution in [0.5, 0.6) is 0 Å². The van der Waals surface area contributed by atoms with E-state index >= 15 is 0 Å². The maximum Gasteiger partial charge on any atom is 0.338 e. The van der Waals surface area contributed by atoms with Crippen molar-refractivity contribution in [1.82, 2.24) is 4.90 Å². The molecule has 0 heterocycles. The molecule has 0 spiro atoms. The highest BCUT2D eigenvalue weighted by molar-refractivity contribution is 9.10. The standard InChI is InChI=1S/C18H17BrN2O4/c1-21(2)17(23)12-6-8-15(9-7-12)20-16(22)11-25-18(24)13-4-3-5-14(19)10-13/h3-10H,11H2,1-2H3,(H,20,22). The first-order chi connectivity index (χ1) is 11.9. The Balaban J connectivity index is 1.88. The third-order valence-corrected chi connectivity index (χ3v) is 3.71. The normalized spacial score (nSPS) is 10.0. The van der Waals surface area contributed by atoms with Crippen molar-refractivity contribution in [2.24, 2.45) is 0 Å². The molecule has 0 fully saturated rings. The lowest BCUT2D eigenvalue weighted by molar-refractivity contribution is -0.119. The molecule has 0 unspecified atom stereocenters. The topological polar surface area (TPSA) is 75.7 Å². The minimum atomic E-state index is -0.580. The van der Waals surface area contributed by atoms with E-state index in [9.17, 15) is 14.4 Å². The highest BCUT2D eigenvalue weighted by Crippen LogP contribution is 2.13. The molecule has 0 aliphatic rings. The van der Waals surface area contributed by atoms with Crippen molar-refractivity contribution in [3.8, 4) is 0 Å². The van der Waals surface area contributed by atoms with Crippen molar-refractivity contribution in [3.05, 3.63) is 64.1 Å². The molecule has 0 aliphatic carbocycles. The summed E-state index contributed by atoms with van der Waals surface area (Å²) >= 11 is 3.27. The van der Waals surface area contributed by atoms with Crippen LogP contribution in [0.1, 0.15) is 20.7 Å². The molecule has 2 aromatic rings. The van der Waals surface area contributed by atoms with Crippen molar-refractivity contribution >= 4 is 39.4 Å². The SMILES string of the molecule is CN(C)C(=O)c1ccc(NC(=O)COC(=O)c2cccc(Br)c2)cc1. The second kappa shape index (κ2) is 8.43. The molecule has 2 rings (SSSR count). The first-order valence-electron chi connectivity index (χ1n) is 7.41. The van der Waals surface area contributed by atoms with Gasteiger partial charge in [0.2, 0.25) is 0 Å². The molecular weight excluding hydrogens is 388 g/mol. The van der Waals surface area contributed by atoms with Gasteiger partial charge in [-0.15, -0.1) is 0 Å². The number of halogens is 1. The van der Waals surface area contributed by atoms with Gasteiger partial charge in [-0.1, -0.05) is 22.0 Å². The zero-order chi connectivity index (χ0) is 18.4. The molecule has 0 radical (unpaired) electrons. The molecule has 0 saturated carbocycles. The van der Waals surface area contributed by atoms with Crippen LogP contribution < -0.4 is 5.32 Å². The molecule has 0 atom stereocenters. The van der Waals surface area contributed by atoms with Crippen LogP contribution in [0.15, 0.2) is 53.0 Å². The van der Waals surface area contributed by atoms with Crippen LogP contribution in [0.4, 0.5) is 5.69 Å². The number of ether oxygens (including phenoxy) is 1. The molecule has 2 amide bonds. The summed E-state index contributed by atoms with van der Waals surface area (Å²) in [7, 11) is 3.33. The van der Waals surface area contributed by atoms with Crippen molar-refractivity contribution < 1.29 is 19.1 Å². The summed E-state index contributed by atoms with van der Waals surface area (Å²) in [4.78, 5) is 37.0. The number of carbonyl (C=O) groups is 3. The van der Waals surface area contributed by atoms with Gasteiger partial charge in [-0.25, -0.2) is 4.79 Å². The number of benzene rings is 2. The van der Waals surface area contributed by atoms with E-state index < -0.39 is 18.5 Å². The molecule has 0 bridgehead atoms. The van der Waals surface area contributed by atoms with Crippen LogP contribution in [0.2, 0.25) is 0 Å². The summed E-state index contributed by atoms with van der Waals surface area (Å²) in [6.45, 7) is -0.399. The molecular formula is C18H17BrN2O4. The zero-order valence-electron chi connectivity index (χ0n) is 13.8. The van der Waals surface area contributed by atoms with Crippen LogP contribution >= 0.6 is 15.9 Å². The maximum absolute atomic E-state index is 11.9. The molecule has 0 saturated heterocycles. The number of nitrogens with zero attached hydrogens (tertiary/aromatic N) is 1. The molecule has 0 aliphatic heterocycles. The number of nitrogens with one attached hydrogen (secondary N) is 1. The Morgan fingerprint density at radius 3 is 2.32 bits per heavy atom. The Bertz CT molecular complexity index is 788. The lowest BCUT2D eigenvalue weighted by Crippen LogP contribution is -2.22. The highest BCUT2D eigenvalue weighted by atomic mass is 79.9. The lowest BCUT2D eigenvalue weighted by atomic mass is 10.2. The number of esters is 1. The smallest absolute Gasteiger partial charge is 0.338 e. The van der Waals surface area contributed by atoms with E-state index in [1.165, 1.54) is 4.90 Å². The fourth-order valence-electron chi connectivity index (χ4n) is 1.98. The van der Waals surface area contributed by atoms with Crippen molar-refractivity contribution in [2.45, 2.75) is 0 Å². The monoisotopic (exact) mass is 404 g/mol. The van der Waals surface area contributed by atoms with Gasteiger partial charge in [0.15, 0.2) is 6.61 Å². The van der Waals surface area contributed by atoms with E-state index in [2.05, 4.69) is 21.2 Å². The van der Waals surface area contributed by atoms with E-state index in [1.54, 1.807) is 62.6 Å². The maximum atomic E-state index is 11.9. The van der Waals surface area contributed by atoms with Gasteiger partial charge in [0.25, 0.3) is 11.8 Å². The Kier molecular flexibility index (Phi) is 6.30. The third-order valence-electron chi connectivity index (χ3n) is 3.22. The van der Waals surface area contributed by atoms with Gasteiger partial charge in [0, 0.05) is 29.8 Å². The number of amides is 2. The molecule has 7 heteroatoms. The predicted molar refractivity (Wildman–Crippen MR) is 97.5 cm³/mol. The third kappa shape index (κ3) is 5.42. The lowest BCUT2D eigenvalue weighted by Gasteiger charge is -2.11. The van der Waals surface area contributed by atoms with E-state index in [-0.39, 0.29) is 5.91 Å². The molecule has 25 heavy (non-hydrogen) atoms. The Morgan fingerprint density at radius 1 is 1.04 bits per heavy atom. The number of anilines is 1. The largest absolute Gasteiger partial charge is 0.452 e. The van der Waals surface area contributed by atoms with Gasteiger partial charge in [0.1, 0.15) is 0 Å². The highest BCUT2D eigenvalue weighted by Gasteiger charge is 2.11. The fourth-order valence-corrected chi connectivity index (χ4v) is 2.38. The van der Waals surface area contributed by atoms with E-state index in [0.717, 1.165) is 4.47 Å². The predicted octanol–water partition coefficient (Wildman–Crippen LogP) is 2.95. The average Bonchev–Trinajstić information content (AvgIpc) is 2.59. The van der Waals surface area contributed by atoms with Crippen LogP contribution in [0.3, 0.4) is 0 Å². The quantitative estimate of drug-likeness (QED) is 0.777. The summed E-state index contributed by atoms with van der Waals surface area (Å²) in [6, 6.07) is 13.2. The zero-order valence-corrected chi connectivity index (χ0v) is 15.4. The van der Waals surface area contributed by atoms with Gasteiger partial charge in [-0.05, 0) is 42.5 Å². The fraction of sp³-hybridized carbons (Fsp3) is 0.167. The first kappa shape index (κ1) is 18.7. The van der Waals surface area contributed by atoms with Crippen LogP contribution in [0.25, 0.3) is 0 Å². The summed E-state index contributed by atoms with van der Waals surface area (Å²) in [5.41, 5.74) is 1.39. The second-order valence-corrected chi connectivity index (χ2v) is 6.33. The summed E-state index contributed by atoms with van der Waals surface area (Å²) in [6.07, 6.45) is 0. The Hall–Kier alpha value is -2.67. The number of hydrogen-bond donors (Lipinski definition) is 1. The van der Waals surface area contributed by atoms with E-state index in [0.29, 0.717) is 16.8 Å². The average molecular weight is 405 g/mol. The Labute approximate surface area is 153 Å². The van der Waals surface area contributed by atoms with Gasteiger partial charge >= 0.3 is 5.97 Å². The minimum Gasteiger partial charge on any atom is -0.452 e. The minimum absolute atomic E-state index is 0.124. The summed E-state index contributed by atoms with van der Waals surface area (Å²) in [5, 5.41) is 2.61. The van der Waals surface area contributed by atoms with Crippen LogP contribution in [0, 0.1) is 0 Å². The molecule has 2 aromatic carbocycles. The van der Waals surface area contributed by atoms with Crippen molar-refractivity contribution in [1.29, 1.82) is 0 Å². The van der Waals surface area contributed by atoms with Crippen LogP contribution in [-0.4, -0.2) is 43.4 Å². The van der Waals surface area contributed by atoms with E-state index in [4.69, 9.17) is 4.74 Å². The molecule has 6 nitrogen and oxygen atoms in total. The Morgan fingerprint density at radius 2 is 1.72 bits per heavy atom. The van der Waals surface area contributed by atoms with Gasteiger partial charge < -0.3 is 15.0 Å². The number of hydrogen-bond acceptors (Lipinski definition) is 4. The summed E-state index contributed by atoms with van der Waals surface area (Å²) in [5.74, 6) is -1.17. The van der Waals surface area contributed by atoms with Gasteiger partial charge in [0.05, 0.1) is 5.56 Å². The molecule has 1 N–H and O–H groups in total.